The van der Waals surface area contributed by atoms with Crippen LogP contribution in [-0.4, -0.2) is 12.5 Å². The first-order chi connectivity index (χ1) is 9.94. The van der Waals surface area contributed by atoms with E-state index >= 15 is 0 Å². The second kappa shape index (κ2) is 6.83. The number of hydrogen-bond donors (Lipinski definition) is 1. The van der Waals surface area contributed by atoms with Gasteiger partial charge in [-0.15, -0.1) is 0 Å². The molecule has 1 N–H and O–H groups in total. The van der Waals surface area contributed by atoms with Crippen LogP contribution in [0.25, 0.3) is 0 Å². The Labute approximate surface area is 133 Å². The molecule has 0 bridgehead atoms. The first kappa shape index (κ1) is 15.7. The molecule has 2 aromatic carbocycles. The van der Waals surface area contributed by atoms with Crippen LogP contribution >= 0.6 is 23.2 Å². The number of amides is 1. The van der Waals surface area contributed by atoms with Gasteiger partial charge in [0.1, 0.15) is 5.75 Å². The predicted molar refractivity (Wildman–Crippen MR) is 86.5 cm³/mol. The van der Waals surface area contributed by atoms with Gasteiger partial charge in [-0.3, -0.25) is 4.79 Å². The van der Waals surface area contributed by atoms with Crippen LogP contribution in [-0.2, 0) is 4.79 Å². The quantitative estimate of drug-likeness (QED) is 0.890. The number of hydrogen-bond acceptors (Lipinski definition) is 2. The Morgan fingerprint density at radius 3 is 2.38 bits per heavy atom. The largest absolute Gasteiger partial charge is 0.484 e. The normalized spacial score (nSPS) is 10.3. The minimum absolute atomic E-state index is 0.0815. The number of ether oxygens (including phenoxy) is 1. The first-order valence-corrected chi connectivity index (χ1v) is 7.15. The van der Waals surface area contributed by atoms with Gasteiger partial charge in [-0.05, 0) is 55.3 Å². The van der Waals surface area contributed by atoms with Gasteiger partial charge in [-0.25, -0.2) is 0 Å². The fourth-order valence-electron chi connectivity index (χ4n) is 1.94. The molecule has 0 heterocycles. The van der Waals surface area contributed by atoms with E-state index in [9.17, 15) is 4.79 Å². The smallest absolute Gasteiger partial charge is 0.262 e. The summed E-state index contributed by atoms with van der Waals surface area (Å²) in [6.07, 6.45) is 0. The Balaban J connectivity index is 1.95. The first-order valence-electron chi connectivity index (χ1n) is 6.40. The van der Waals surface area contributed by atoms with E-state index in [1.807, 2.05) is 32.0 Å². The molecule has 2 rings (SSSR count). The maximum atomic E-state index is 11.9. The van der Waals surface area contributed by atoms with Gasteiger partial charge in [0.15, 0.2) is 6.61 Å². The molecular weight excluding hydrogens is 309 g/mol. The van der Waals surface area contributed by atoms with Gasteiger partial charge < -0.3 is 10.1 Å². The van der Waals surface area contributed by atoms with Gasteiger partial charge in [0, 0.05) is 5.02 Å². The molecule has 0 saturated carbocycles. The highest BCUT2D eigenvalue weighted by molar-refractivity contribution is 6.36. The Hall–Kier alpha value is -1.71. The minimum Gasteiger partial charge on any atom is -0.484 e. The third-order valence-electron chi connectivity index (χ3n) is 2.77. The lowest BCUT2D eigenvalue weighted by atomic mass is 10.1. The van der Waals surface area contributed by atoms with E-state index < -0.39 is 0 Å². The zero-order valence-corrected chi connectivity index (χ0v) is 13.3. The van der Waals surface area contributed by atoms with Crippen molar-refractivity contribution >= 4 is 34.8 Å². The molecule has 0 aliphatic heterocycles. The third-order valence-corrected chi connectivity index (χ3v) is 3.32. The highest BCUT2D eigenvalue weighted by atomic mass is 35.5. The second-order valence-electron chi connectivity index (χ2n) is 4.78. The molecule has 0 aromatic heterocycles. The fourth-order valence-corrected chi connectivity index (χ4v) is 2.40. The van der Waals surface area contributed by atoms with Crippen molar-refractivity contribution in [2.75, 3.05) is 11.9 Å². The Morgan fingerprint density at radius 1 is 1.10 bits per heavy atom. The SMILES string of the molecule is Cc1cc(C)cc(OCC(=O)Nc2ccc(Cl)cc2Cl)c1. The molecule has 21 heavy (non-hydrogen) atoms. The van der Waals surface area contributed by atoms with Crippen molar-refractivity contribution in [1.82, 2.24) is 0 Å². The van der Waals surface area contributed by atoms with Gasteiger partial charge in [-0.2, -0.15) is 0 Å². The molecule has 3 nitrogen and oxygen atoms in total. The lowest BCUT2D eigenvalue weighted by Crippen LogP contribution is -2.20. The molecule has 0 spiro atoms. The van der Waals surface area contributed by atoms with E-state index in [0.29, 0.717) is 21.5 Å². The van der Waals surface area contributed by atoms with Gasteiger partial charge in [0.05, 0.1) is 10.7 Å². The van der Waals surface area contributed by atoms with Gasteiger partial charge in [-0.1, -0.05) is 29.3 Å². The molecule has 0 aliphatic carbocycles. The molecule has 0 aliphatic rings. The van der Waals surface area contributed by atoms with E-state index in [1.165, 1.54) is 0 Å². The number of carbonyl (C=O) groups is 1. The zero-order valence-electron chi connectivity index (χ0n) is 11.7. The molecule has 5 heteroatoms. The third kappa shape index (κ3) is 4.66. The number of benzene rings is 2. The number of halogens is 2. The lowest BCUT2D eigenvalue weighted by Gasteiger charge is -2.10. The zero-order chi connectivity index (χ0) is 15.4. The number of rotatable bonds is 4. The highest BCUT2D eigenvalue weighted by Gasteiger charge is 2.07. The van der Waals surface area contributed by atoms with Crippen molar-refractivity contribution in [3.63, 3.8) is 0 Å². The summed E-state index contributed by atoms with van der Waals surface area (Å²) in [6, 6.07) is 10.7. The maximum Gasteiger partial charge on any atom is 0.262 e. The summed E-state index contributed by atoms with van der Waals surface area (Å²) in [6.45, 7) is 3.88. The average Bonchev–Trinajstić information content (AvgIpc) is 2.39. The van der Waals surface area contributed by atoms with Crippen molar-refractivity contribution in [3.8, 4) is 5.75 Å². The molecule has 0 unspecified atom stereocenters. The van der Waals surface area contributed by atoms with Crippen LogP contribution in [0.4, 0.5) is 5.69 Å². The summed E-state index contributed by atoms with van der Waals surface area (Å²) in [7, 11) is 0. The molecule has 110 valence electrons. The van der Waals surface area contributed by atoms with Crippen LogP contribution in [0.1, 0.15) is 11.1 Å². The van der Waals surface area contributed by atoms with Gasteiger partial charge >= 0.3 is 0 Å². The Kier molecular flexibility index (Phi) is 5.10. The summed E-state index contributed by atoms with van der Waals surface area (Å²) in [5.41, 5.74) is 2.69. The summed E-state index contributed by atoms with van der Waals surface area (Å²) >= 11 is 11.8. The van der Waals surface area contributed by atoms with Crippen molar-refractivity contribution in [2.24, 2.45) is 0 Å². The lowest BCUT2D eigenvalue weighted by molar-refractivity contribution is -0.118. The van der Waals surface area contributed by atoms with E-state index in [2.05, 4.69) is 5.32 Å². The maximum absolute atomic E-state index is 11.9. The van der Waals surface area contributed by atoms with Crippen LogP contribution in [0.2, 0.25) is 10.0 Å². The van der Waals surface area contributed by atoms with E-state index in [1.54, 1.807) is 18.2 Å². The Bertz CT molecular complexity index is 651. The molecule has 0 fully saturated rings. The van der Waals surface area contributed by atoms with Gasteiger partial charge in [0.2, 0.25) is 0 Å². The van der Waals surface area contributed by atoms with Crippen molar-refractivity contribution in [1.29, 1.82) is 0 Å². The van der Waals surface area contributed by atoms with Crippen LogP contribution in [0, 0.1) is 13.8 Å². The van der Waals surface area contributed by atoms with E-state index in [4.69, 9.17) is 27.9 Å². The minimum atomic E-state index is -0.279. The van der Waals surface area contributed by atoms with Gasteiger partial charge in [0.25, 0.3) is 5.91 Å². The Morgan fingerprint density at radius 2 is 1.76 bits per heavy atom. The van der Waals surface area contributed by atoms with Crippen LogP contribution < -0.4 is 10.1 Å². The molecule has 1 amide bonds. The van der Waals surface area contributed by atoms with E-state index in [0.717, 1.165) is 11.1 Å². The summed E-state index contributed by atoms with van der Waals surface area (Å²) in [5.74, 6) is 0.392. The number of carbonyl (C=O) groups excluding carboxylic acids is 1. The average molecular weight is 324 g/mol. The predicted octanol–water partition coefficient (Wildman–Crippen LogP) is 4.63. The topological polar surface area (TPSA) is 38.3 Å². The van der Waals surface area contributed by atoms with E-state index in [-0.39, 0.29) is 12.5 Å². The highest BCUT2D eigenvalue weighted by Crippen LogP contribution is 2.25. The fraction of sp³-hybridized carbons (Fsp3) is 0.188. The second-order valence-corrected chi connectivity index (χ2v) is 5.63. The van der Waals surface area contributed by atoms with Crippen LogP contribution in [0.3, 0.4) is 0 Å². The monoisotopic (exact) mass is 323 g/mol. The number of nitrogens with one attached hydrogen (secondary N) is 1. The molecule has 2 aromatic rings. The summed E-state index contributed by atoms with van der Waals surface area (Å²) in [4.78, 5) is 11.9. The number of anilines is 1. The molecule has 0 saturated heterocycles. The molecule has 0 atom stereocenters. The van der Waals surface area contributed by atoms with Crippen molar-refractivity contribution in [3.05, 3.63) is 57.6 Å². The summed E-state index contributed by atoms with van der Waals surface area (Å²) < 4.78 is 5.48. The van der Waals surface area contributed by atoms with Crippen LogP contribution in [0.5, 0.6) is 5.75 Å². The standard InChI is InChI=1S/C16H15Cl2NO2/c1-10-5-11(2)7-13(6-10)21-9-16(20)19-15-4-3-12(17)8-14(15)18/h3-8H,9H2,1-2H3,(H,19,20). The number of aryl methyl sites for hydroxylation is 2. The van der Waals surface area contributed by atoms with Crippen molar-refractivity contribution in [2.45, 2.75) is 13.8 Å². The van der Waals surface area contributed by atoms with Crippen molar-refractivity contribution < 1.29 is 9.53 Å². The summed E-state index contributed by atoms with van der Waals surface area (Å²) in [5, 5.41) is 3.59. The molecule has 0 radical (unpaired) electrons. The van der Waals surface area contributed by atoms with Crippen LogP contribution in [0.15, 0.2) is 36.4 Å². The molecular formula is C16H15Cl2NO2.